The lowest BCUT2D eigenvalue weighted by Crippen LogP contribution is -2.30. The number of sulfone groups is 1. The van der Waals surface area contributed by atoms with Crippen LogP contribution >= 0.6 is 15.9 Å². The van der Waals surface area contributed by atoms with Crippen LogP contribution in [0.4, 0.5) is 17.7 Å². The van der Waals surface area contributed by atoms with Crippen molar-refractivity contribution < 1.29 is 13.5 Å². The van der Waals surface area contributed by atoms with Crippen molar-refractivity contribution in [1.82, 2.24) is 25.1 Å². The molecule has 0 aromatic carbocycles. The molecule has 2 aromatic rings. The molecule has 2 rings (SSSR count). The fraction of sp³-hybridized carbons (Fsp3) is 0.500. The van der Waals surface area contributed by atoms with E-state index in [1.165, 1.54) is 6.20 Å². The number of nitrogens with zero attached hydrogens (tertiary/aromatic N) is 4. The third-order valence-electron chi connectivity index (χ3n) is 3.11. The molecule has 0 saturated carbocycles. The molecule has 0 bridgehead atoms. The number of halogens is 1. The van der Waals surface area contributed by atoms with E-state index in [4.69, 9.17) is 0 Å². The van der Waals surface area contributed by atoms with E-state index in [1.807, 2.05) is 13.8 Å². The molecule has 12 heteroatoms. The summed E-state index contributed by atoms with van der Waals surface area (Å²) in [4.78, 5) is 12.2. The monoisotopic (exact) mass is 419 g/mol. The Balaban J connectivity index is 2.20. The summed E-state index contributed by atoms with van der Waals surface area (Å²) < 4.78 is 23.4. The van der Waals surface area contributed by atoms with E-state index < -0.39 is 9.84 Å². The number of aromatic nitrogens is 5. The van der Waals surface area contributed by atoms with Crippen LogP contribution in [0, 0.1) is 5.92 Å². The van der Waals surface area contributed by atoms with Crippen LogP contribution in [-0.2, 0) is 9.84 Å². The third-order valence-corrected chi connectivity index (χ3v) is 4.57. The Morgan fingerprint density at radius 1 is 1.33 bits per heavy atom. The smallest absolute Gasteiger partial charge is 0.249 e. The van der Waals surface area contributed by atoms with Crippen LogP contribution in [0.15, 0.2) is 15.8 Å². The van der Waals surface area contributed by atoms with Crippen LogP contribution in [-0.4, -0.2) is 57.6 Å². The number of aromatic amines is 1. The van der Waals surface area contributed by atoms with Gasteiger partial charge in [0.05, 0.1) is 17.1 Å². The van der Waals surface area contributed by atoms with Gasteiger partial charge in [0, 0.05) is 12.5 Å². The van der Waals surface area contributed by atoms with Gasteiger partial charge in [-0.25, -0.2) is 18.5 Å². The molecular formula is C12H18BrN7O3S. The summed E-state index contributed by atoms with van der Waals surface area (Å²) in [5.74, 6) is 0.893. The Labute approximate surface area is 147 Å². The molecule has 0 unspecified atom stereocenters. The van der Waals surface area contributed by atoms with E-state index in [0.29, 0.717) is 10.3 Å². The van der Waals surface area contributed by atoms with Gasteiger partial charge in [-0.05, 0) is 21.8 Å². The average Bonchev–Trinajstić information content (AvgIpc) is 2.96. The molecule has 0 aliphatic carbocycles. The Bertz CT molecular complexity index is 809. The third kappa shape index (κ3) is 4.61. The van der Waals surface area contributed by atoms with Gasteiger partial charge in [0.15, 0.2) is 0 Å². The van der Waals surface area contributed by atoms with Crippen molar-refractivity contribution in [2.24, 2.45) is 5.92 Å². The van der Waals surface area contributed by atoms with E-state index >= 15 is 0 Å². The van der Waals surface area contributed by atoms with E-state index in [0.717, 1.165) is 6.26 Å². The van der Waals surface area contributed by atoms with Gasteiger partial charge in [0.1, 0.15) is 5.82 Å². The number of nitrogens with one attached hydrogen (secondary N) is 3. The van der Waals surface area contributed by atoms with Gasteiger partial charge in [-0.1, -0.05) is 13.8 Å². The van der Waals surface area contributed by atoms with Crippen LogP contribution < -0.4 is 10.6 Å². The number of hydrogen-bond donors (Lipinski definition) is 4. The lowest BCUT2D eigenvalue weighted by molar-refractivity contribution is 0.249. The highest BCUT2D eigenvalue weighted by molar-refractivity contribution is 9.10. The maximum atomic E-state index is 11.4. The molecule has 24 heavy (non-hydrogen) atoms. The van der Waals surface area contributed by atoms with Crippen molar-refractivity contribution in [2.75, 3.05) is 23.5 Å². The number of H-pyrrole nitrogens is 1. The summed E-state index contributed by atoms with van der Waals surface area (Å²) in [6, 6.07) is -0.176. The minimum Gasteiger partial charge on any atom is -0.394 e. The molecule has 1 atom stereocenters. The second-order valence-corrected chi connectivity index (χ2v) is 8.21. The lowest BCUT2D eigenvalue weighted by atomic mass is 10.1. The zero-order valence-electron chi connectivity index (χ0n) is 13.3. The molecule has 0 spiro atoms. The van der Waals surface area contributed by atoms with E-state index in [-0.39, 0.29) is 35.6 Å². The largest absolute Gasteiger partial charge is 0.394 e. The number of aliphatic hydroxyl groups is 1. The molecule has 10 nitrogen and oxygen atoms in total. The van der Waals surface area contributed by atoms with Crippen molar-refractivity contribution in [2.45, 2.75) is 25.0 Å². The molecule has 0 fully saturated rings. The Morgan fingerprint density at radius 3 is 2.58 bits per heavy atom. The van der Waals surface area contributed by atoms with Crippen LogP contribution in [0.3, 0.4) is 0 Å². The molecule has 132 valence electrons. The first-order valence-electron chi connectivity index (χ1n) is 7.00. The van der Waals surface area contributed by atoms with Crippen molar-refractivity contribution in [3.8, 4) is 0 Å². The first-order chi connectivity index (χ1) is 11.2. The van der Waals surface area contributed by atoms with E-state index in [2.05, 4.69) is 51.7 Å². The van der Waals surface area contributed by atoms with Gasteiger partial charge in [0.25, 0.3) is 0 Å². The summed E-state index contributed by atoms with van der Waals surface area (Å²) in [6.45, 7) is 3.90. The molecule has 0 amide bonds. The zero-order valence-corrected chi connectivity index (χ0v) is 15.7. The van der Waals surface area contributed by atoms with E-state index in [1.54, 1.807) is 0 Å². The highest BCUT2D eigenvalue weighted by atomic mass is 79.9. The highest BCUT2D eigenvalue weighted by Gasteiger charge is 2.17. The van der Waals surface area contributed by atoms with E-state index in [9.17, 15) is 13.5 Å². The maximum absolute atomic E-state index is 11.4. The minimum absolute atomic E-state index is 0.0336. The molecule has 2 aromatic heterocycles. The molecule has 0 aliphatic heterocycles. The van der Waals surface area contributed by atoms with Crippen LogP contribution in [0.5, 0.6) is 0 Å². The van der Waals surface area contributed by atoms with Crippen LogP contribution in [0.25, 0.3) is 0 Å². The van der Waals surface area contributed by atoms with Crippen molar-refractivity contribution >= 4 is 43.5 Å². The maximum Gasteiger partial charge on any atom is 0.249 e. The standard InChI is InChI=1S/C12H18BrN7O3S/c1-6(2)8(5-21)15-9-7(13)4-14-10(16-9)17-11-18-12(20-19-11)24(3,22)23/h4,6,8,21H,5H2,1-3H3,(H3,14,15,16,17,18,19,20)/t8-/m0/s1. The Morgan fingerprint density at radius 2 is 2.04 bits per heavy atom. The summed E-state index contributed by atoms with van der Waals surface area (Å²) in [5, 5.41) is 21.1. The van der Waals surface area contributed by atoms with Crippen molar-refractivity contribution in [1.29, 1.82) is 0 Å². The summed E-state index contributed by atoms with van der Waals surface area (Å²) in [5.41, 5.74) is 0. The number of hydrogen-bond acceptors (Lipinski definition) is 9. The van der Waals surface area contributed by atoms with Gasteiger partial charge in [-0.2, -0.15) is 9.97 Å². The molecule has 0 radical (unpaired) electrons. The van der Waals surface area contributed by atoms with Gasteiger partial charge < -0.3 is 10.4 Å². The van der Waals surface area contributed by atoms with Gasteiger partial charge in [-0.15, -0.1) is 5.10 Å². The topological polar surface area (TPSA) is 146 Å². The summed E-state index contributed by atoms with van der Waals surface area (Å²) in [7, 11) is -3.48. The second kappa shape index (κ2) is 7.40. The number of anilines is 3. The predicted molar refractivity (Wildman–Crippen MR) is 91.8 cm³/mol. The SMILES string of the molecule is CC(C)[C@H](CO)Nc1nc(Nc2n[nH]c(S(C)(=O)=O)n2)ncc1Br. The highest BCUT2D eigenvalue weighted by Crippen LogP contribution is 2.23. The Hall–Kier alpha value is -1.79. The van der Waals surface area contributed by atoms with Gasteiger partial charge >= 0.3 is 0 Å². The summed E-state index contributed by atoms with van der Waals surface area (Å²) >= 11 is 3.34. The van der Waals surface area contributed by atoms with Crippen LogP contribution in [0.1, 0.15) is 13.8 Å². The normalized spacial score (nSPS) is 13.1. The quantitative estimate of drug-likeness (QED) is 0.514. The molecule has 4 N–H and O–H groups in total. The molecule has 2 heterocycles. The fourth-order valence-corrected chi connectivity index (χ4v) is 2.47. The minimum atomic E-state index is -3.48. The first kappa shape index (κ1) is 18.5. The number of rotatable bonds is 7. The van der Waals surface area contributed by atoms with Gasteiger partial charge in [0.2, 0.25) is 26.9 Å². The Kier molecular flexibility index (Phi) is 5.72. The fourth-order valence-electron chi connectivity index (χ4n) is 1.70. The molecule has 0 aliphatic rings. The molecular weight excluding hydrogens is 402 g/mol. The van der Waals surface area contributed by atoms with Crippen molar-refractivity contribution in [3.63, 3.8) is 0 Å². The summed E-state index contributed by atoms with van der Waals surface area (Å²) in [6.07, 6.45) is 2.55. The predicted octanol–water partition coefficient (Wildman–Crippen LogP) is 0.933. The van der Waals surface area contributed by atoms with Crippen LogP contribution in [0.2, 0.25) is 0 Å². The average molecular weight is 420 g/mol. The molecule has 0 saturated heterocycles. The van der Waals surface area contributed by atoms with Crippen molar-refractivity contribution in [3.05, 3.63) is 10.7 Å². The zero-order chi connectivity index (χ0) is 17.9. The second-order valence-electron chi connectivity index (χ2n) is 5.43. The first-order valence-corrected chi connectivity index (χ1v) is 9.68. The lowest BCUT2D eigenvalue weighted by Gasteiger charge is -2.21. The number of aliphatic hydroxyl groups excluding tert-OH is 1. The van der Waals surface area contributed by atoms with Gasteiger partial charge in [-0.3, -0.25) is 5.32 Å².